The average Bonchev–Trinajstić information content (AvgIpc) is 2.79. The third-order valence-electron chi connectivity index (χ3n) is 5.62. The zero-order valence-corrected chi connectivity index (χ0v) is 19.7. The van der Waals surface area contributed by atoms with E-state index in [4.69, 9.17) is 14.2 Å². The van der Waals surface area contributed by atoms with Crippen molar-refractivity contribution in [1.29, 1.82) is 0 Å². The molecule has 0 spiro atoms. The SMILES string of the molecule is CCNS(=O)(=O)Nc1nccc(CN2C(=O)Oc3cc(OC4CCCCO4)ccc3C2C)c1F. The Kier molecular flexibility index (Phi) is 7.19. The summed E-state index contributed by atoms with van der Waals surface area (Å²) in [5, 5.41) is 0. The van der Waals surface area contributed by atoms with E-state index in [1.54, 1.807) is 32.0 Å². The van der Waals surface area contributed by atoms with E-state index in [2.05, 4.69) is 14.4 Å². The van der Waals surface area contributed by atoms with Gasteiger partial charge in [-0.15, -0.1) is 0 Å². The van der Waals surface area contributed by atoms with Crippen molar-refractivity contribution in [2.75, 3.05) is 17.9 Å². The molecular formula is C22H27FN4O6S. The second-order valence-corrected chi connectivity index (χ2v) is 9.52. The van der Waals surface area contributed by atoms with E-state index in [9.17, 15) is 17.6 Å². The molecule has 1 aromatic carbocycles. The average molecular weight is 495 g/mol. The van der Waals surface area contributed by atoms with E-state index < -0.39 is 34.0 Å². The maximum absolute atomic E-state index is 15.0. The zero-order valence-electron chi connectivity index (χ0n) is 18.9. The van der Waals surface area contributed by atoms with Crippen LogP contribution in [0, 0.1) is 5.82 Å². The molecule has 2 aliphatic heterocycles. The van der Waals surface area contributed by atoms with Gasteiger partial charge in [-0.2, -0.15) is 13.1 Å². The molecule has 2 aromatic rings. The Bertz CT molecular complexity index is 1160. The van der Waals surface area contributed by atoms with Gasteiger partial charge in [0.2, 0.25) is 0 Å². The molecule has 1 saturated heterocycles. The van der Waals surface area contributed by atoms with Crippen molar-refractivity contribution in [3.8, 4) is 11.5 Å². The Labute approximate surface area is 197 Å². The van der Waals surface area contributed by atoms with Crippen LogP contribution in [0.25, 0.3) is 0 Å². The van der Waals surface area contributed by atoms with Gasteiger partial charge < -0.3 is 14.2 Å². The first-order chi connectivity index (χ1) is 16.3. The van der Waals surface area contributed by atoms with Gasteiger partial charge in [-0.05, 0) is 38.0 Å². The fraction of sp³-hybridized carbons (Fsp3) is 0.455. The highest BCUT2D eigenvalue weighted by Crippen LogP contribution is 2.38. The van der Waals surface area contributed by atoms with Crippen LogP contribution in [0.1, 0.15) is 50.3 Å². The summed E-state index contributed by atoms with van der Waals surface area (Å²) < 4.78 is 60.0. The van der Waals surface area contributed by atoms with E-state index in [0.717, 1.165) is 24.8 Å². The van der Waals surface area contributed by atoms with Crippen LogP contribution in [0.4, 0.5) is 15.0 Å². The summed E-state index contributed by atoms with van der Waals surface area (Å²) in [5.41, 5.74) is 0.824. The minimum Gasteiger partial charge on any atom is -0.465 e. The lowest BCUT2D eigenvalue weighted by atomic mass is 10.0. The lowest BCUT2D eigenvalue weighted by Gasteiger charge is -2.34. The lowest BCUT2D eigenvalue weighted by molar-refractivity contribution is -0.105. The molecule has 0 saturated carbocycles. The van der Waals surface area contributed by atoms with Crippen molar-refractivity contribution in [3.05, 3.63) is 47.4 Å². The summed E-state index contributed by atoms with van der Waals surface area (Å²) in [6, 6.07) is 6.20. The molecule has 0 radical (unpaired) electrons. The fourth-order valence-electron chi connectivity index (χ4n) is 3.87. The second kappa shape index (κ2) is 10.1. The number of nitrogens with zero attached hydrogens (tertiary/aromatic N) is 2. The minimum absolute atomic E-state index is 0.0887. The molecule has 4 rings (SSSR count). The van der Waals surface area contributed by atoms with E-state index >= 15 is 0 Å². The Morgan fingerprint density at radius 3 is 2.85 bits per heavy atom. The smallest absolute Gasteiger partial charge is 0.416 e. The number of fused-ring (bicyclic) bond motifs is 1. The monoisotopic (exact) mass is 494 g/mol. The predicted molar refractivity (Wildman–Crippen MR) is 121 cm³/mol. The molecular weight excluding hydrogens is 467 g/mol. The van der Waals surface area contributed by atoms with Crippen molar-refractivity contribution >= 4 is 22.1 Å². The van der Waals surface area contributed by atoms with Crippen LogP contribution in [0.3, 0.4) is 0 Å². The molecule has 3 heterocycles. The molecule has 184 valence electrons. The third kappa shape index (κ3) is 5.40. The highest BCUT2D eigenvalue weighted by Gasteiger charge is 2.33. The first kappa shape index (κ1) is 24.2. The topological polar surface area (TPSA) is 119 Å². The quantitative estimate of drug-likeness (QED) is 0.577. The van der Waals surface area contributed by atoms with Gasteiger partial charge in [-0.1, -0.05) is 6.92 Å². The highest BCUT2D eigenvalue weighted by atomic mass is 32.2. The van der Waals surface area contributed by atoms with E-state index in [1.165, 1.54) is 17.2 Å². The normalized spacial score (nSPS) is 20.4. The van der Waals surface area contributed by atoms with Crippen LogP contribution in [0.5, 0.6) is 11.5 Å². The number of carbonyl (C=O) groups excluding carboxylic acids is 1. The van der Waals surface area contributed by atoms with Crippen molar-refractivity contribution in [2.45, 2.75) is 52.0 Å². The van der Waals surface area contributed by atoms with Gasteiger partial charge in [0.25, 0.3) is 10.2 Å². The Morgan fingerprint density at radius 1 is 1.29 bits per heavy atom. The van der Waals surface area contributed by atoms with E-state index in [1.807, 2.05) is 0 Å². The van der Waals surface area contributed by atoms with Crippen molar-refractivity contribution in [1.82, 2.24) is 14.6 Å². The predicted octanol–water partition coefficient (Wildman–Crippen LogP) is 3.47. The summed E-state index contributed by atoms with van der Waals surface area (Å²) in [6.07, 6.45) is 3.13. The molecule has 0 aliphatic carbocycles. The standard InChI is InChI=1S/C22H27FN4O6S/c1-3-25-34(29,30)26-21-20(23)15(9-10-24-21)13-27-14(2)17-8-7-16(12-18(17)33-22(27)28)32-19-6-4-5-11-31-19/h7-10,12,14,19,25H,3-6,11,13H2,1-2H3,(H,24,26). The van der Waals surface area contributed by atoms with Crippen LogP contribution >= 0.6 is 0 Å². The number of pyridine rings is 1. The minimum atomic E-state index is -3.96. The fourth-order valence-corrected chi connectivity index (χ4v) is 4.72. The molecule has 1 aromatic heterocycles. The number of amides is 1. The van der Waals surface area contributed by atoms with Crippen LogP contribution in [0.2, 0.25) is 0 Å². The number of nitrogens with one attached hydrogen (secondary N) is 2. The molecule has 1 fully saturated rings. The van der Waals surface area contributed by atoms with Crippen LogP contribution in [0.15, 0.2) is 30.5 Å². The zero-order chi connectivity index (χ0) is 24.3. The number of rotatable bonds is 8. The molecule has 12 heteroatoms. The molecule has 0 bridgehead atoms. The number of benzene rings is 1. The summed E-state index contributed by atoms with van der Waals surface area (Å²) in [6.45, 7) is 4.04. The van der Waals surface area contributed by atoms with Gasteiger partial charge in [0.05, 0.1) is 19.2 Å². The van der Waals surface area contributed by atoms with Crippen LogP contribution in [-0.4, -0.2) is 43.8 Å². The maximum atomic E-state index is 15.0. The van der Waals surface area contributed by atoms with Gasteiger partial charge in [-0.3, -0.25) is 9.62 Å². The van der Waals surface area contributed by atoms with Crippen molar-refractivity contribution < 1.29 is 31.8 Å². The van der Waals surface area contributed by atoms with Crippen molar-refractivity contribution in [3.63, 3.8) is 0 Å². The van der Waals surface area contributed by atoms with Gasteiger partial charge in [0, 0.05) is 36.4 Å². The molecule has 2 atom stereocenters. The Hall–Kier alpha value is -2.96. The Morgan fingerprint density at radius 2 is 2.12 bits per heavy atom. The molecule has 1 amide bonds. The number of aromatic nitrogens is 1. The second-order valence-electron chi connectivity index (χ2n) is 8.02. The summed E-state index contributed by atoms with van der Waals surface area (Å²) in [7, 11) is -3.96. The van der Waals surface area contributed by atoms with Gasteiger partial charge >= 0.3 is 6.09 Å². The number of halogens is 1. The number of anilines is 1. The summed E-state index contributed by atoms with van der Waals surface area (Å²) >= 11 is 0. The van der Waals surface area contributed by atoms with Gasteiger partial charge in [-0.25, -0.2) is 14.2 Å². The largest absolute Gasteiger partial charge is 0.465 e. The van der Waals surface area contributed by atoms with Crippen LogP contribution < -0.4 is 18.9 Å². The number of carbonyl (C=O) groups is 1. The summed E-state index contributed by atoms with van der Waals surface area (Å²) in [5.74, 6) is -0.414. The summed E-state index contributed by atoms with van der Waals surface area (Å²) in [4.78, 5) is 17.9. The molecule has 2 aliphatic rings. The van der Waals surface area contributed by atoms with Gasteiger partial charge in [0.1, 0.15) is 11.5 Å². The number of hydrogen-bond donors (Lipinski definition) is 2. The molecule has 34 heavy (non-hydrogen) atoms. The van der Waals surface area contributed by atoms with E-state index in [0.29, 0.717) is 18.1 Å². The molecule has 2 N–H and O–H groups in total. The Balaban J connectivity index is 1.50. The first-order valence-electron chi connectivity index (χ1n) is 11.1. The number of hydrogen-bond acceptors (Lipinski definition) is 7. The molecule has 10 nitrogen and oxygen atoms in total. The van der Waals surface area contributed by atoms with Crippen LogP contribution in [-0.2, 0) is 21.5 Å². The van der Waals surface area contributed by atoms with E-state index in [-0.39, 0.29) is 24.9 Å². The molecule has 2 unspecified atom stereocenters. The first-order valence-corrected chi connectivity index (χ1v) is 12.6. The highest BCUT2D eigenvalue weighted by molar-refractivity contribution is 7.90. The van der Waals surface area contributed by atoms with Gasteiger partial charge in [0.15, 0.2) is 17.9 Å². The maximum Gasteiger partial charge on any atom is 0.416 e. The third-order valence-corrected chi connectivity index (χ3v) is 6.75. The van der Waals surface area contributed by atoms with Crippen molar-refractivity contribution in [2.24, 2.45) is 0 Å². The number of ether oxygens (including phenoxy) is 3. The lowest BCUT2D eigenvalue weighted by Crippen LogP contribution is -2.39.